The second kappa shape index (κ2) is 8.96. The minimum atomic E-state index is 0.875. The molecule has 0 unspecified atom stereocenters. The molecule has 1 aliphatic carbocycles. The quantitative estimate of drug-likeness (QED) is 0.424. The summed E-state index contributed by atoms with van der Waals surface area (Å²) in [7, 11) is 0. The lowest BCUT2D eigenvalue weighted by atomic mass is 10.1. The molecule has 0 spiro atoms. The summed E-state index contributed by atoms with van der Waals surface area (Å²) in [6, 6.07) is 0. The molecule has 1 saturated carbocycles. The molecule has 0 N–H and O–H groups in total. The Morgan fingerprint density at radius 2 is 1.93 bits per heavy atom. The molecule has 0 atom stereocenters. The summed E-state index contributed by atoms with van der Waals surface area (Å²) in [5.74, 6) is 0.875. The number of hydrogen-bond donors (Lipinski definition) is 0. The summed E-state index contributed by atoms with van der Waals surface area (Å²) >= 11 is 0. The third-order valence-corrected chi connectivity index (χ3v) is 3.21. The third-order valence-electron chi connectivity index (χ3n) is 3.21. The average molecular weight is 208 g/mol. The van der Waals surface area contributed by atoms with Gasteiger partial charge in [0.25, 0.3) is 0 Å². The summed E-state index contributed by atoms with van der Waals surface area (Å²) in [6.45, 7) is 4.26. The second-order valence-corrected chi connectivity index (χ2v) is 4.66. The van der Waals surface area contributed by atoms with Crippen molar-refractivity contribution in [1.82, 2.24) is 5.32 Å². The van der Waals surface area contributed by atoms with Crippen molar-refractivity contribution in [3.05, 3.63) is 12.2 Å². The van der Waals surface area contributed by atoms with Gasteiger partial charge in [0.1, 0.15) is 0 Å². The van der Waals surface area contributed by atoms with E-state index < -0.39 is 0 Å². The SMILES string of the molecule is CCCCCC[N]CC=CC1CCCC1. The zero-order valence-corrected chi connectivity index (χ0v) is 10.3. The Hall–Kier alpha value is -0.300. The molecule has 15 heavy (non-hydrogen) atoms. The van der Waals surface area contributed by atoms with Crippen LogP contribution in [0.15, 0.2) is 12.2 Å². The minimum absolute atomic E-state index is 0.875. The highest BCUT2D eigenvalue weighted by atomic mass is 14.8. The number of nitrogens with zero attached hydrogens (tertiary/aromatic N) is 1. The Labute approximate surface area is 95.3 Å². The lowest BCUT2D eigenvalue weighted by Gasteiger charge is -2.01. The van der Waals surface area contributed by atoms with Gasteiger partial charge in [-0.2, -0.15) is 0 Å². The summed E-state index contributed by atoms with van der Waals surface area (Å²) < 4.78 is 0. The first kappa shape index (κ1) is 12.8. The molecule has 1 nitrogen and oxygen atoms in total. The Balaban J connectivity index is 1.83. The molecule has 1 radical (unpaired) electrons. The predicted molar refractivity (Wildman–Crippen MR) is 67.1 cm³/mol. The van der Waals surface area contributed by atoms with Crippen LogP contribution in [0.4, 0.5) is 0 Å². The van der Waals surface area contributed by atoms with Gasteiger partial charge in [-0.25, -0.2) is 5.32 Å². The van der Waals surface area contributed by atoms with E-state index in [-0.39, 0.29) is 0 Å². The largest absolute Gasteiger partial charge is 0.238 e. The van der Waals surface area contributed by atoms with Crippen molar-refractivity contribution in [3.8, 4) is 0 Å². The molecular formula is C14H26N. The number of allylic oxidation sites excluding steroid dienone is 1. The first-order valence-electron chi connectivity index (χ1n) is 6.73. The fourth-order valence-corrected chi connectivity index (χ4v) is 2.22. The normalized spacial score (nSPS) is 17.9. The van der Waals surface area contributed by atoms with Crippen molar-refractivity contribution in [3.63, 3.8) is 0 Å². The van der Waals surface area contributed by atoms with Crippen molar-refractivity contribution >= 4 is 0 Å². The van der Waals surface area contributed by atoms with Crippen LogP contribution in [0, 0.1) is 5.92 Å². The average Bonchev–Trinajstić information content (AvgIpc) is 2.75. The van der Waals surface area contributed by atoms with Crippen LogP contribution < -0.4 is 5.32 Å². The summed E-state index contributed by atoms with van der Waals surface area (Å²) in [5, 5.41) is 4.52. The van der Waals surface area contributed by atoms with Gasteiger partial charge in [-0.15, -0.1) is 0 Å². The highest BCUT2D eigenvalue weighted by Crippen LogP contribution is 2.25. The van der Waals surface area contributed by atoms with Crippen molar-refractivity contribution in [1.29, 1.82) is 0 Å². The lowest BCUT2D eigenvalue weighted by Crippen LogP contribution is -2.06. The van der Waals surface area contributed by atoms with Crippen LogP contribution in [-0.4, -0.2) is 13.1 Å². The minimum Gasteiger partial charge on any atom is -0.238 e. The number of rotatable bonds is 8. The molecule has 0 aromatic carbocycles. The predicted octanol–water partition coefficient (Wildman–Crippen LogP) is 3.92. The maximum Gasteiger partial charge on any atom is 0.0314 e. The molecule has 1 aliphatic rings. The summed E-state index contributed by atoms with van der Waals surface area (Å²) in [5.41, 5.74) is 0. The molecule has 0 heterocycles. The van der Waals surface area contributed by atoms with Gasteiger partial charge in [0.15, 0.2) is 0 Å². The first-order valence-corrected chi connectivity index (χ1v) is 6.73. The van der Waals surface area contributed by atoms with Crippen molar-refractivity contribution in [2.75, 3.05) is 13.1 Å². The Kier molecular flexibility index (Phi) is 7.63. The zero-order chi connectivity index (χ0) is 10.8. The lowest BCUT2D eigenvalue weighted by molar-refractivity contribution is 0.611. The van der Waals surface area contributed by atoms with Crippen LogP contribution in [0.3, 0.4) is 0 Å². The van der Waals surface area contributed by atoms with E-state index in [1.165, 1.54) is 51.4 Å². The standard InChI is InChI=1S/C14H26N/c1-2-3-4-7-12-15-13-8-11-14-9-5-6-10-14/h8,11,14H,2-7,9-10,12-13H2,1H3. The molecule has 0 aromatic rings. The van der Waals surface area contributed by atoms with E-state index in [1.54, 1.807) is 0 Å². The second-order valence-electron chi connectivity index (χ2n) is 4.66. The molecule has 0 bridgehead atoms. The Bertz CT molecular complexity index is 157. The fourth-order valence-electron chi connectivity index (χ4n) is 2.22. The van der Waals surface area contributed by atoms with E-state index in [2.05, 4.69) is 24.4 Å². The van der Waals surface area contributed by atoms with E-state index in [1.807, 2.05) is 0 Å². The van der Waals surface area contributed by atoms with Gasteiger partial charge >= 0.3 is 0 Å². The zero-order valence-electron chi connectivity index (χ0n) is 10.3. The van der Waals surface area contributed by atoms with Crippen LogP contribution in [-0.2, 0) is 0 Å². The first-order chi connectivity index (χ1) is 7.43. The topological polar surface area (TPSA) is 14.1 Å². The third kappa shape index (κ3) is 6.72. The highest BCUT2D eigenvalue weighted by Gasteiger charge is 2.10. The molecule has 87 valence electrons. The molecule has 0 saturated heterocycles. The van der Waals surface area contributed by atoms with Gasteiger partial charge in [-0.3, -0.25) is 0 Å². The maximum absolute atomic E-state index is 4.52. The van der Waals surface area contributed by atoms with Crippen LogP contribution in [0.2, 0.25) is 0 Å². The number of unbranched alkanes of at least 4 members (excludes halogenated alkanes) is 3. The highest BCUT2D eigenvalue weighted by molar-refractivity contribution is 4.91. The molecule has 0 aromatic heterocycles. The Morgan fingerprint density at radius 1 is 1.13 bits per heavy atom. The van der Waals surface area contributed by atoms with E-state index >= 15 is 0 Å². The maximum atomic E-state index is 4.52. The smallest absolute Gasteiger partial charge is 0.0314 e. The van der Waals surface area contributed by atoms with Gasteiger partial charge in [0.05, 0.1) is 0 Å². The molecule has 1 fully saturated rings. The van der Waals surface area contributed by atoms with Crippen molar-refractivity contribution in [2.24, 2.45) is 5.92 Å². The molecule has 1 rings (SSSR count). The van der Waals surface area contributed by atoms with Gasteiger partial charge in [-0.1, -0.05) is 51.2 Å². The molecule has 1 heteroatoms. The monoisotopic (exact) mass is 208 g/mol. The molecule has 0 amide bonds. The Morgan fingerprint density at radius 3 is 2.67 bits per heavy atom. The van der Waals surface area contributed by atoms with E-state index in [0.717, 1.165) is 19.0 Å². The van der Waals surface area contributed by atoms with Crippen molar-refractivity contribution in [2.45, 2.75) is 58.3 Å². The van der Waals surface area contributed by atoms with Gasteiger partial charge in [0, 0.05) is 13.1 Å². The summed E-state index contributed by atoms with van der Waals surface area (Å²) in [4.78, 5) is 0. The van der Waals surface area contributed by atoms with Crippen LogP contribution in [0.1, 0.15) is 58.3 Å². The van der Waals surface area contributed by atoms with E-state index in [9.17, 15) is 0 Å². The van der Waals surface area contributed by atoms with E-state index in [4.69, 9.17) is 0 Å². The van der Waals surface area contributed by atoms with Crippen LogP contribution >= 0.6 is 0 Å². The molecular weight excluding hydrogens is 182 g/mol. The molecule has 0 aliphatic heterocycles. The van der Waals surface area contributed by atoms with Crippen molar-refractivity contribution < 1.29 is 0 Å². The number of hydrogen-bond acceptors (Lipinski definition) is 0. The fraction of sp³-hybridized carbons (Fsp3) is 0.857. The summed E-state index contributed by atoms with van der Waals surface area (Å²) in [6.07, 6.45) is 15.7. The van der Waals surface area contributed by atoms with E-state index in [0.29, 0.717) is 0 Å². The van der Waals surface area contributed by atoms with Crippen LogP contribution in [0.25, 0.3) is 0 Å². The van der Waals surface area contributed by atoms with Gasteiger partial charge < -0.3 is 0 Å². The van der Waals surface area contributed by atoms with Gasteiger partial charge in [0.2, 0.25) is 0 Å². The van der Waals surface area contributed by atoms with Gasteiger partial charge in [-0.05, 0) is 25.2 Å². The van der Waals surface area contributed by atoms with Crippen LogP contribution in [0.5, 0.6) is 0 Å².